The molecule has 3 N–H and O–H groups in total. The summed E-state index contributed by atoms with van der Waals surface area (Å²) in [5.74, 6) is 0.881. The maximum absolute atomic E-state index is 6.91. The molecule has 1 unspecified atom stereocenters. The van der Waals surface area contributed by atoms with Crippen molar-refractivity contribution in [1.82, 2.24) is 0 Å². The van der Waals surface area contributed by atoms with E-state index in [9.17, 15) is 0 Å². The van der Waals surface area contributed by atoms with E-state index in [-0.39, 0.29) is 18.9 Å². The monoisotopic (exact) mass is 121 g/mol. The van der Waals surface area contributed by atoms with Gasteiger partial charge in [0.1, 0.15) is 0 Å². The van der Waals surface area contributed by atoms with Crippen molar-refractivity contribution in [2.24, 2.45) is 11.7 Å². The summed E-state index contributed by atoms with van der Waals surface area (Å²) in [6.45, 7) is 4.20. The first kappa shape index (κ1) is 11.8. The largest absolute Gasteiger partial charge is 0.388 e. The zero-order valence-corrected chi connectivity index (χ0v) is 6.57. The molecule has 0 saturated heterocycles. The molecular weight excluding hydrogens is 107 g/mol. The summed E-state index contributed by atoms with van der Waals surface area (Å²) in [7, 11) is 0. The molecule has 0 rings (SSSR count). The number of amidine groups is 1. The van der Waals surface area contributed by atoms with Gasteiger partial charge in [-0.25, -0.2) is 0 Å². The van der Waals surface area contributed by atoms with E-state index in [0.29, 0.717) is 11.8 Å². The van der Waals surface area contributed by atoms with E-state index in [0.717, 1.165) is 12.8 Å². The third-order valence-corrected chi connectivity index (χ3v) is 1.27. The molecule has 0 spiro atoms. The second-order valence-corrected chi connectivity index (χ2v) is 2.24. The Kier molecular flexibility index (Phi) is 8.13. The van der Waals surface area contributed by atoms with Crippen molar-refractivity contribution in [2.75, 3.05) is 0 Å². The first-order valence-corrected chi connectivity index (χ1v) is 2.99. The van der Waals surface area contributed by atoms with Gasteiger partial charge in [0.05, 0.1) is 5.84 Å². The summed E-state index contributed by atoms with van der Waals surface area (Å²) in [4.78, 5) is 0. The van der Waals surface area contributed by atoms with E-state index in [1.54, 1.807) is 0 Å². The van der Waals surface area contributed by atoms with Crippen molar-refractivity contribution in [1.29, 1.82) is 5.41 Å². The average molecular weight is 121 g/mol. The van der Waals surface area contributed by atoms with Crippen LogP contribution in [-0.4, -0.2) is 24.7 Å². The van der Waals surface area contributed by atoms with Crippen LogP contribution in [0.3, 0.4) is 0 Å². The van der Waals surface area contributed by atoms with Gasteiger partial charge in [-0.2, -0.15) is 0 Å². The third kappa shape index (κ3) is 8.07. The minimum atomic E-state index is 0. The fraction of sp³-hybridized carbons (Fsp3) is 0.833. The molecule has 1 radical (unpaired) electrons. The third-order valence-electron chi connectivity index (χ3n) is 1.27. The quantitative estimate of drug-likeness (QED) is 0.326. The Morgan fingerprint density at radius 2 is 2.11 bits per heavy atom. The van der Waals surface area contributed by atoms with Crippen LogP contribution in [0.15, 0.2) is 0 Å². The molecule has 0 aliphatic rings. The minimum absolute atomic E-state index is 0. The van der Waals surface area contributed by atoms with E-state index in [1.807, 2.05) is 0 Å². The van der Waals surface area contributed by atoms with Crippen molar-refractivity contribution >= 4 is 24.7 Å². The molecule has 3 heteroatoms. The topological polar surface area (TPSA) is 49.9 Å². The van der Waals surface area contributed by atoms with Gasteiger partial charge < -0.3 is 5.73 Å². The Hall–Kier alpha value is 0.0674. The second-order valence-electron chi connectivity index (χ2n) is 2.24. The molecule has 0 aliphatic carbocycles. The molecule has 1 atom stereocenters. The summed E-state index contributed by atoms with van der Waals surface area (Å²) in [6, 6.07) is 0. The number of rotatable bonds is 3. The van der Waals surface area contributed by atoms with Gasteiger partial charge in [-0.1, -0.05) is 20.3 Å². The van der Waals surface area contributed by atoms with Crippen molar-refractivity contribution in [3.05, 3.63) is 0 Å². The first-order valence-electron chi connectivity index (χ1n) is 2.99. The van der Waals surface area contributed by atoms with Gasteiger partial charge in [0.25, 0.3) is 0 Å². The van der Waals surface area contributed by atoms with Crippen LogP contribution in [0.2, 0.25) is 0 Å². The Bertz CT molecular complexity index is 83.1. The smallest absolute Gasteiger partial charge is 0.0907 e. The predicted octanol–water partition coefficient (Wildman–Crippen LogP) is 0.978. The molecular formula is C6H14LiN2. The summed E-state index contributed by atoms with van der Waals surface area (Å²) in [5, 5.41) is 6.91. The number of nitrogens with two attached hydrogens (primary N) is 1. The van der Waals surface area contributed by atoms with Crippen molar-refractivity contribution in [2.45, 2.75) is 26.7 Å². The van der Waals surface area contributed by atoms with Gasteiger partial charge in [0, 0.05) is 25.3 Å². The van der Waals surface area contributed by atoms with Crippen LogP contribution in [0.1, 0.15) is 26.7 Å². The maximum Gasteiger partial charge on any atom is 0.0907 e. The van der Waals surface area contributed by atoms with Gasteiger partial charge >= 0.3 is 0 Å². The van der Waals surface area contributed by atoms with Crippen LogP contribution in [-0.2, 0) is 0 Å². The zero-order chi connectivity index (χ0) is 6.57. The first-order chi connectivity index (χ1) is 3.66. The van der Waals surface area contributed by atoms with Crippen molar-refractivity contribution in [3.63, 3.8) is 0 Å². The SMILES string of the molecule is CCC(C)CC(=N)N.[Li]. The molecule has 2 nitrogen and oxygen atoms in total. The summed E-state index contributed by atoms with van der Waals surface area (Å²) >= 11 is 0. The van der Waals surface area contributed by atoms with Crippen LogP contribution in [0.4, 0.5) is 0 Å². The summed E-state index contributed by atoms with van der Waals surface area (Å²) < 4.78 is 0. The van der Waals surface area contributed by atoms with E-state index in [1.165, 1.54) is 0 Å². The molecule has 0 amide bonds. The van der Waals surface area contributed by atoms with Crippen molar-refractivity contribution < 1.29 is 0 Å². The Labute approximate surface area is 68.9 Å². The normalized spacial score (nSPS) is 11.8. The van der Waals surface area contributed by atoms with Crippen LogP contribution >= 0.6 is 0 Å². The molecule has 0 aromatic rings. The molecule has 0 saturated carbocycles. The van der Waals surface area contributed by atoms with Crippen LogP contribution < -0.4 is 5.73 Å². The fourth-order valence-electron chi connectivity index (χ4n) is 0.520. The second kappa shape index (κ2) is 6.19. The minimum Gasteiger partial charge on any atom is -0.388 e. The zero-order valence-electron chi connectivity index (χ0n) is 6.57. The predicted molar refractivity (Wildman–Crippen MR) is 41.7 cm³/mol. The molecule has 9 heavy (non-hydrogen) atoms. The van der Waals surface area contributed by atoms with Gasteiger partial charge in [-0.15, -0.1) is 0 Å². The van der Waals surface area contributed by atoms with Gasteiger partial charge in [-0.3, -0.25) is 5.41 Å². The van der Waals surface area contributed by atoms with Crippen LogP contribution in [0.25, 0.3) is 0 Å². The maximum atomic E-state index is 6.91. The molecule has 0 aliphatic heterocycles. The van der Waals surface area contributed by atoms with Crippen molar-refractivity contribution in [3.8, 4) is 0 Å². The fourth-order valence-corrected chi connectivity index (χ4v) is 0.520. The van der Waals surface area contributed by atoms with Gasteiger partial charge in [0.2, 0.25) is 0 Å². The molecule has 0 bridgehead atoms. The van der Waals surface area contributed by atoms with E-state index in [4.69, 9.17) is 11.1 Å². The van der Waals surface area contributed by atoms with Gasteiger partial charge in [0.15, 0.2) is 0 Å². The van der Waals surface area contributed by atoms with E-state index < -0.39 is 0 Å². The standard InChI is InChI=1S/C6H14N2.Li/c1-3-5(2)4-6(7)8;/h5H,3-4H2,1-2H3,(H3,7,8);. The summed E-state index contributed by atoms with van der Waals surface area (Å²) in [6.07, 6.45) is 1.86. The Morgan fingerprint density at radius 3 is 2.22 bits per heavy atom. The average Bonchev–Trinajstić information content (AvgIpc) is 1.65. The van der Waals surface area contributed by atoms with Crippen LogP contribution in [0.5, 0.6) is 0 Å². The van der Waals surface area contributed by atoms with Crippen LogP contribution in [0, 0.1) is 11.3 Å². The van der Waals surface area contributed by atoms with Gasteiger partial charge in [-0.05, 0) is 5.92 Å². The molecule has 49 valence electrons. The molecule has 0 aromatic heterocycles. The Balaban J connectivity index is 0. The molecule has 0 aromatic carbocycles. The Morgan fingerprint density at radius 1 is 1.67 bits per heavy atom. The van der Waals surface area contributed by atoms with E-state index in [2.05, 4.69) is 13.8 Å². The number of hydrogen-bond donors (Lipinski definition) is 2. The number of nitrogens with one attached hydrogen (secondary N) is 1. The summed E-state index contributed by atoms with van der Waals surface area (Å²) in [5.41, 5.74) is 5.15. The molecule has 0 fully saturated rings. The van der Waals surface area contributed by atoms with E-state index >= 15 is 0 Å². The molecule has 0 heterocycles. The number of hydrogen-bond acceptors (Lipinski definition) is 1.